The number of ether oxygens (including phenoxy) is 1. The first-order chi connectivity index (χ1) is 14.0. The van der Waals surface area contributed by atoms with Crippen LogP contribution >= 0.6 is 0 Å². The largest absolute Gasteiger partial charge is 0.378 e. The highest BCUT2D eigenvalue weighted by atomic mass is 16.5. The third kappa shape index (κ3) is 4.13. The number of carbonyl (C=O) groups excluding carboxylic acids is 3. The number of carbonyl (C=O) groups is 3. The molecule has 1 aromatic rings. The Labute approximate surface area is 171 Å². The van der Waals surface area contributed by atoms with Crippen LogP contribution in [0.4, 0.5) is 10.5 Å². The molecule has 0 unspecified atom stereocenters. The number of hydrogen-bond donors (Lipinski definition) is 0. The fourth-order valence-corrected chi connectivity index (χ4v) is 4.37. The Bertz CT molecular complexity index is 769. The SMILES string of the molecule is CN(Cc1ccc(N2CCOCC2)cc1)CN1C(=O)C(=O)N(C2CCCC2)C1=O. The van der Waals surface area contributed by atoms with Gasteiger partial charge in [-0.15, -0.1) is 0 Å². The molecule has 3 aliphatic rings. The quantitative estimate of drug-likeness (QED) is 0.534. The van der Waals surface area contributed by atoms with Crippen LogP contribution in [0.5, 0.6) is 0 Å². The number of urea groups is 1. The van der Waals surface area contributed by atoms with Gasteiger partial charge in [0, 0.05) is 31.4 Å². The molecule has 1 saturated carbocycles. The van der Waals surface area contributed by atoms with Crippen LogP contribution in [0.25, 0.3) is 0 Å². The van der Waals surface area contributed by atoms with Crippen molar-refractivity contribution in [2.45, 2.75) is 38.3 Å². The first kappa shape index (κ1) is 19.8. The number of nitrogens with zero attached hydrogens (tertiary/aromatic N) is 4. The summed E-state index contributed by atoms with van der Waals surface area (Å²) in [5.41, 5.74) is 2.25. The minimum absolute atomic E-state index is 0.109. The first-order valence-electron chi connectivity index (χ1n) is 10.3. The van der Waals surface area contributed by atoms with Gasteiger partial charge in [0.1, 0.15) is 0 Å². The average Bonchev–Trinajstić information content (AvgIpc) is 3.33. The van der Waals surface area contributed by atoms with Gasteiger partial charge in [0.2, 0.25) is 0 Å². The van der Waals surface area contributed by atoms with E-state index in [1.807, 2.05) is 11.9 Å². The van der Waals surface area contributed by atoms with Crippen LogP contribution in [-0.4, -0.2) is 78.6 Å². The van der Waals surface area contributed by atoms with E-state index >= 15 is 0 Å². The van der Waals surface area contributed by atoms with Gasteiger partial charge in [-0.1, -0.05) is 25.0 Å². The summed E-state index contributed by atoms with van der Waals surface area (Å²) in [7, 11) is 1.85. The second kappa shape index (κ2) is 8.51. The molecule has 0 N–H and O–H groups in total. The van der Waals surface area contributed by atoms with E-state index in [1.165, 1.54) is 10.6 Å². The summed E-state index contributed by atoms with van der Waals surface area (Å²) in [5.74, 6) is -1.39. The van der Waals surface area contributed by atoms with Gasteiger partial charge in [-0.3, -0.25) is 19.4 Å². The zero-order valence-corrected chi connectivity index (χ0v) is 16.9. The summed E-state index contributed by atoms with van der Waals surface area (Å²) in [6.45, 7) is 3.97. The van der Waals surface area contributed by atoms with E-state index in [1.54, 1.807) is 0 Å². The van der Waals surface area contributed by atoms with Gasteiger partial charge >= 0.3 is 17.8 Å². The number of imide groups is 2. The first-order valence-corrected chi connectivity index (χ1v) is 10.3. The maximum atomic E-state index is 12.7. The van der Waals surface area contributed by atoms with Crippen LogP contribution in [0, 0.1) is 0 Å². The van der Waals surface area contributed by atoms with Crippen LogP contribution in [0.15, 0.2) is 24.3 Å². The monoisotopic (exact) mass is 400 g/mol. The number of rotatable bonds is 6. The van der Waals surface area contributed by atoms with Crippen molar-refractivity contribution in [1.82, 2.24) is 14.7 Å². The molecule has 4 amide bonds. The van der Waals surface area contributed by atoms with Gasteiger partial charge in [0.15, 0.2) is 0 Å². The third-order valence-corrected chi connectivity index (χ3v) is 5.92. The van der Waals surface area contributed by atoms with E-state index in [0.717, 1.165) is 62.4 Å². The van der Waals surface area contributed by atoms with Gasteiger partial charge in [0.25, 0.3) is 0 Å². The molecule has 2 saturated heterocycles. The highest BCUT2D eigenvalue weighted by Gasteiger charge is 2.48. The number of benzene rings is 1. The molecule has 0 radical (unpaired) electrons. The summed E-state index contributed by atoms with van der Waals surface area (Å²) in [5, 5.41) is 0. The zero-order chi connectivity index (χ0) is 20.4. The zero-order valence-electron chi connectivity index (χ0n) is 16.9. The third-order valence-electron chi connectivity index (χ3n) is 5.92. The van der Waals surface area contributed by atoms with Crippen molar-refractivity contribution in [3.05, 3.63) is 29.8 Å². The van der Waals surface area contributed by atoms with Crippen molar-refractivity contribution >= 4 is 23.5 Å². The Morgan fingerprint density at radius 1 is 1.00 bits per heavy atom. The van der Waals surface area contributed by atoms with Crippen LogP contribution in [0.2, 0.25) is 0 Å². The fraction of sp³-hybridized carbons (Fsp3) is 0.571. The van der Waals surface area contributed by atoms with Crippen molar-refractivity contribution in [2.24, 2.45) is 0 Å². The Hall–Kier alpha value is -2.45. The molecule has 4 rings (SSSR count). The molecule has 156 valence electrons. The highest BCUT2D eigenvalue weighted by molar-refractivity contribution is 6.44. The molecule has 2 aliphatic heterocycles. The van der Waals surface area contributed by atoms with Crippen molar-refractivity contribution < 1.29 is 19.1 Å². The molecule has 8 nitrogen and oxygen atoms in total. The predicted octanol–water partition coefficient (Wildman–Crippen LogP) is 1.65. The van der Waals surface area contributed by atoms with Crippen molar-refractivity contribution in [3.63, 3.8) is 0 Å². The summed E-state index contributed by atoms with van der Waals surface area (Å²) >= 11 is 0. The molecular weight excluding hydrogens is 372 g/mol. The summed E-state index contributed by atoms with van der Waals surface area (Å²) in [4.78, 5) is 43.8. The lowest BCUT2D eigenvalue weighted by molar-refractivity contribution is -0.144. The van der Waals surface area contributed by atoms with Gasteiger partial charge in [-0.2, -0.15) is 0 Å². The molecule has 29 heavy (non-hydrogen) atoms. The van der Waals surface area contributed by atoms with E-state index in [-0.39, 0.29) is 12.7 Å². The van der Waals surface area contributed by atoms with Gasteiger partial charge in [-0.05, 0) is 37.6 Å². The van der Waals surface area contributed by atoms with Gasteiger partial charge < -0.3 is 9.64 Å². The second-order valence-electron chi connectivity index (χ2n) is 8.05. The normalized spacial score (nSPS) is 21.2. The molecular formula is C21H28N4O4. The van der Waals surface area contributed by atoms with E-state index in [0.29, 0.717) is 6.54 Å². The van der Waals surface area contributed by atoms with Gasteiger partial charge in [-0.25, -0.2) is 9.69 Å². The lowest BCUT2D eigenvalue weighted by Crippen LogP contribution is -2.42. The molecule has 1 aromatic carbocycles. The maximum Gasteiger partial charge on any atom is 0.335 e. The van der Waals surface area contributed by atoms with Crippen LogP contribution in [0.3, 0.4) is 0 Å². The molecule has 0 bridgehead atoms. The van der Waals surface area contributed by atoms with Crippen molar-refractivity contribution in [1.29, 1.82) is 0 Å². The second-order valence-corrected chi connectivity index (χ2v) is 8.05. The molecule has 2 heterocycles. The Morgan fingerprint density at radius 2 is 1.66 bits per heavy atom. The lowest BCUT2D eigenvalue weighted by atomic mass is 10.2. The summed E-state index contributed by atoms with van der Waals surface area (Å²) in [6.07, 6.45) is 3.58. The lowest BCUT2D eigenvalue weighted by Gasteiger charge is -2.29. The Morgan fingerprint density at radius 3 is 2.31 bits per heavy atom. The average molecular weight is 400 g/mol. The number of hydrogen-bond acceptors (Lipinski definition) is 6. The van der Waals surface area contributed by atoms with Crippen LogP contribution in [0.1, 0.15) is 31.2 Å². The van der Waals surface area contributed by atoms with Crippen molar-refractivity contribution in [2.75, 3.05) is 44.9 Å². The number of anilines is 1. The standard InChI is InChI=1S/C21H28N4O4/c1-22(14-16-6-8-17(9-7-16)23-10-12-29-13-11-23)15-24-19(26)20(27)25(21(24)28)18-4-2-3-5-18/h6-9,18H,2-5,10-15H2,1H3. The van der Waals surface area contributed by atoms with E-state index in [4.69, 9.17) is 4.74 Å². The number of amides is 4. The Balaban J connectivity index is 1.35. The molecule has 0 aromatic heterocycles. The van der Waals surface area contributed by atoms with E-state index < -0.39 is 17.8 Å². The topological polar surface area (TPSA) is 73.4 Å². The molecule has 0 spiro atoms. The predicted molar refractivity (Wildman–Crippen MR) is 107 cm³/mol. The van der Waals surface area contributed by atoms with Crippen LogP contribution in [-0.2, 0) is 20.9 Å². The highest BCUT2D eigenvalue weighted by Crippen LogP contribution is 2.28. The fourth-order valence-electron chi connectivity index (χ4n) is 4.37. The molecule has 1 aliphatic carbocycles. The minimum Gasteiger partial charge on any atom is -0.378 e. The molecule has 0 atom stereocenters. The van der Waals surface area contributed by atoms with E-state index in [9.17, 15) is 14.4 Å². The minimum atomic E-state index is -0.712. The van der Waals surface area contributed by atoms with Crippen LogP contribution < -0.4 is 4.90 Å². The van der Waals surface area contributed by atoms with E-state index in [2.05, 4.69) is 29.2 Å². The molecule has 8 heteroatoms. The maximum absolute atomic E-state index is 12.7. The summed E-state index contributed by atoms with van der Waals surface area (Å²) < 4.78 is 5.39. The molecule has 3 fully saturated rings. The smallest absolute Gasteiger partial charge is 0.335 e. The Kier molecular flexibility index (Phi) is 5.82. The summed E-state index contributed by atoms with van der Waals surface area (Å²) in [6, 6.07) is 7.71. The van der Waals surface area contributed by atoms with Gasteiger partial charge in [0.05, 0.1) is 19.9 Å². The van der Waals surface area contributed by atoms with Crippen molar-refractivity contribution in [3.8, 4) is 0 Å². The number of morpholine rings is 1.